The van der Waals surface area contributed by atoms with Gasteiger partial charge in [0.2, 0.25) is 5.91 Å². The summed E-state index contributed by atoms with van der Waals surface area (Å²) < 4.78 is 5.56. The number of amides is 1. The van der Waals surface area contributed by atoms with E-state index < -0.39 is 0 Å². The molecule has 0 bridgehead atoms. The molecule has 1 amide bonds. The molecule has 7 heteroatoms. The molecule has 1 aliphatic rings. The van der Waals surface area contributed by atoms with E-state index in [1.165, 1.54) is 12.8 Å². The van der Waals surface area contributed by atoms with Crippen LogP contribution in [0.3, 0.4) is 0 Å². The molecule has 0 atom stereocenters. The lowest BCUT2D eigenvalue weighted by Gasteiger charge is -2.11. The molecule has 0 spiro atoms. The van der Waals surface area contributed by atoms with Crippen LogP contribution < -0.4 is 21.1 Å². The molecule has 0 aromatic heterocycles. The lowest BCUT2D eigenvalue weighted by molar-refractivity contribution is -0.119. The first-order valence-corrected chi connectivity index (χ1v) is 7.63. The summed E-state index contributed by atoms with van der Waals surface area (Å²) in [5, 5.41) is 5.79. The molecule has 1 aliphatic carbocycles. The van der Waals surface area contributed by atoms with Crippen LogP contribution in [0.15, 0.2) is 29.3 Å². The molecule has 128 valence electrons. The Balaban J connectivity index is 0.00000264. The Morgan fingerprint density at radius 2 is 2.00 bits per heavy atom. The van der Waals surface area contributed by atoms with Gasteiger partial charge in [-0.1, -0.05) is 0 Å². The highest BCUT2D eigenvalue weighted by atomic mass is 127. The lowest BCUT2D eigenvalue weighted by atomic mass is 10.3. The average molecular weight is 432 g/mol. The molecule has 1 aromatic carbocycles. The van der Waals surface area contributed by atoms with Crippen molar-refractivity contribution in [3.05, 3.63) is 24.3 Å². The van der Waals surface area contributed by atoms with Gasteiger partial charge in [0.15, 0.2) is 5.96 Å². The van der Waals surface area contributed by atoms with E-state index in [1.807, 2.05) is 38.1 Å². The minimum atomic E-state index is -0.0997. The van der Waals surface area contributed by atoms with E-state index in [2.05, 4.69) is 15.6 Å². The Bertz CT molecular complexity index is 527. The highest BCUT2D eigenvalue weighted by Crippen LogP contribution is 2.27. The first-order valence-electron chi connectivity index (χ1n) is 7.63. The number of ether oxygens (including phenoxy) is 1. The van der Waals surface area contributed by atoms with E-state index in [4.69, 9.17) is 10.5 Å². The number of nitrogens with zero attached hydrogens (tertiary/aromatic N) is 1. The first-order chi connectivity index (χ1) is 10.5. The van der Waals surface area contributed by atoms with Crippen LogP contribution >= 0.6 is 24.0 Å². The molecule has 1 aromatic rings. The fraction of sp³-hybridized carbons (Fsp3) is 0.500. The van der Waals surface area contributed by atoms with Crippen LogP contribution in [0.4, 0.5) is 5.69 Å². The highest BCUT2D eigenvalue weighted by molar-refractivity contribution is 14.0. The molecule has 2 rings (SSSR count). The van der Waals surface area contributed by atoms with Crippen LogP contribution in [0.2, 0.25) is 0 Å². The van der Waals surface area contributed by atoms with Crippen molar-refractivity contribution in [3.8, 4) is 5.75 Å². The maximum Gasteiger partial charge on any atom is 0.241 e. The number of aliphatic imine (C=N–C) groups is 1. The van der Waals surface area contributed by atoms with E-state index in [0.29, 0.717) is 5.92 Å². The normalized spacial score (nSPS) is 14.1. The number of hydrogen-bond acceptors (Lipinski definition) is 3. The SMILES string of the molecule is CC(C)Oc1ccc(NC(N)=NCC(=O)NCC2CC2)cc1.I. The number of guanidine groups is 1. The van der Waals surface area contributed by atoms with Gasteiger partial charge in [-0.2, -0.15) is 0 Å². The second kappa shape index (κ2) is 9.59. The van der Waals surface area contributed by atoms with Gasteiger partial charge in [-0.25, -0.2) is 4.99 Å². The Morgan fingerprint density at radius 3 is 2.57 bits per heavy atom. The Kier molecular flexibility index (Phi) is 8.15. The van der Waals surface area contributed by atoms with Crippen LogP contribution in [0.5, 0.6) is 5.75 Å². The predicted octanol–water partition coefficient (Wildman–Crippen LogP) is 2.34. The fourth-order valence-electron chi connectivity index (χ4n) is 1.87. The minimum Gasteiger partial charge on any atom is -0.491 e. The Morgan fingerprint density at radius 1 is 1.35 bits per heavy atom. The average Bonchev–Trinajstić information content (AvgIpc) is 3.29. The molecule has 6 nitrogen and oxygen atoms in total. The summed E-state index contributed by atoms with van der Waals surface area (Å²) in [6.07, 6.45) is 2.56. The van der Waals surface area contributed by atoms with Crippen LogP contribution in [0.1, 0.15) is 26.7 Å². The summed E-state index contributed by atoms with van der Waals surface area (Å²) in [5.41, 5.74) is 6.57. The third-order valence-corrected chi connectivity index (χ3v) is 3.18. The molecule has 0 unspecified atom stereocenters. The fourth-order valence-corrected chi connectivity index (χ4v) is 1.87. The van der Waals surface area contributed by atoms with Crippen LogP contribution in [-0.4, -0.2) is 31.1 Å². The van der Waals surface area contributed by atoms with E-state index in [-0.39, 0.29) is 48.5 Å². The molecule has 0 radical (unpaired) electrons. The summed E-state index contributed by atoms with van der Waals surface area (Å²) in [6.45, 7) is 4.75. The zero-order valence-electron chi connectivity index (χ0n) is 13.5. The van der Waals surface area contributed by atoms with Crippen molar-refractivity contribution in [1.29, 1.82) is 0 Å². The van der Waals surface area contributed by atoms with Crippen molar-refractivity contribution in [2.24, 2.45) is 16.6 Å². The molecular weight excluding hydrogens is 407 g/mol. The smallest absolute Gasteiger partial charge is 0.241 e. The zero-order valence-corrected chi connectivity index (χ0v) is 15.9. The summed E-state index contributed by atoms with van der Waals surface area (Å²) in [6, 6.07) is 7.43. The molecule has 4 N–H and O–H groups in total. The summed E-state index contributed by atoms with van der Waals surface area (Å²) in [7, 11) is 0. The molecule has 1 fully saturated rings. The Labute approximate surface area is 154 Å². The number of rotatable bonds is 7. The van der Waals surface area contributed by atoms with Crippen molar-refractivity contribution < 1.29 is 9.53 Å². The van der Waals surface area contributed by atoms with Gasteiger partial charge in [-0.3, -0.25) is 4.79 Å². The van der Waals surface area contributed by atoms with E-state index >= 15 is 0 Å². The third-order valence-electron chi connectivity index (χ3n) is 3.18. The number of benzene rings is 1. The molecule has 1 saturated carbocycles. The number of halogens is 1. The summed E-state index contributed by atoms with van der Waals surface area (Å²) in [5.74, 6) is 1.59. The van der Waals surface area contributed by atoms with Gasteiger partial charge in [-0.05, 0) is 56.9 Å². The van der Waals surface area contributed by atoms with Crippen molar-refractivity contribution >= 4 is 41.5 Å². The molecule has 0 heterocycles. The quantitative estimate of drug-likeness (QED) is 0.351. The lowest BCUT2D eigenvalue weighted by Crippen LogP contribution is -2.30. The van der Waals surface area contributed by atoms with Crippen molar-refractivity contribution in [2.45, 2.75) is 32.8 Å². The number of nitrogens with two attached hydrogens (primary N) is 1. The molecule has 0 aliphatic heterocycles. The van der Waals surface area contributed by atoms with Crippen LogP contribution in [0, 0.1) is 5.92 Å². The Hall–Kier alpha value is -1.51. The van der Waals surface area contributed by atoms with Gasteiger partial charge in [-0.15, -0.1) is 24.0 Å². The predicted molar refractivity (Wildman–Crippen MR) is 103 cm³/mol. The number of anilines is 1. The third kappa shape index (κ3) is 8.06. The number of carbonyl (C=O) groups is 1. The van der Waals surface area contributed by atoms with Crippen LogP contribution in [-0.2, 0) is 4.79 Å². The summed E-state index contributed by atoms with van der Waals surface area (Å²) >= 11 is 0. The van der Waals surface area contributed by atoms with Crippen LogP contribution in [0.25, 0.3) is 0 Å². The first kappa shape index (κ1) is 19.5. The van der Waals surface area contributed by atoms with Gasteiger partial charge in [0.05, 0.1) is 6.10 Å². The standard InChI is InChI=1S/C16H24N4O2.HI/c1-11(2)22-14-7-5-13(6-8-14)20-16(17)19-10-15(21)18-9-12-3-4-12;/h5-8,11-12H,3-4,9-10H2,1-2H3,(H,18,21)(H3,17,19,20);1H. The second-order valence-corrected chi connectivity index (χ2v) is 5.76. The number of carbonyl (C=O) groups excluding carboxylic acids is 1. The van der Waals surface area contributed by atoms with Crippen molar-refractivity contribution in [3.63, 3.8) is 0 Å². The van der Waals surface area contributed by atoms with Gasteiger partial charge in [0, 0.05) is 12.2 Å². The topological polar surface area (TPSA) is 88.7 Å². The van der Waals surface area contributed by atoms with E-state index in [0.717, 1.165) is 18.0 Å². The molecule has 0 saturated heterocycles. The minimum absolute atomic E-state index is 0. The summed E-state index contributed by atoms with van der Waals surface area (Å²) in [4.78, 5) is 15.6. The van der Waals surface area contributed by atoms with Gasteiger partial charge in [0.25, 0.3) is 0 Å². The van der Waals surface area contributed by atoms with Gasteiger partial charge >= 0.3 is 0 Å². The van der Waals surface area contributed by atoms with E-state index in [1.54, 1.807) is 0 Å². The number of nitrogens with one attached hydrogen (secondary N) is 2. The molecular formula is C16H25IN4O2. The monoisotopic (exact) mass is 432 g/mol. The number of hydrogen-bond donors (Lipinski definition) is 3. The maximum absolute atomic E-state index is 11.6. The maximum atomic E-state index is 11.6. The second-order valence-electron chi connectivity index (χ2n) is 5.76. The van der Waals surface area contributed by atoms with Crippen molar-refractivity contribution in [2.75, 3.05) is 18.4 Å². The van der Waals surface area contributed by atoms with Gasteiger partial charge in [0.1, 0.15) is 12.3 Å². The highest BCUT2D eigenvalue weighted by Gasteiger charge is 2.21. The zero-order chi connectivity index (χ0) is 15.9. The van der Waals surface area contributed by atoms with Crippen molar-refractivity contribution in [1.82, 2.24) is 5.32 Å². The molecule has 23 heavy (non-hydrogen) atoms. The van der Waals surface area contributed by atoms with E-state index in [9.17, 15) is 4.79 Å². The largest absolute Gasteiger partial charge is 0.491 e. The van der Waals surface area contributed by atoms with Gasteiger partial charge < -0.3 is 21.1 Å².